The number of sulfonamides is 1. The van der Waals surface area contributed by atoms with Crippen molar-refractivity contribution in [3.05, 3.63) is 17.0 Å². The molecule has 0 radical (unpaired) electrons. The van der Waals surface area contributed by atoms with Gasteiger partial charge in [0, 0.05) is 39.1 Å². The highest BCUT2D eigenvalue weighted by Crippen LogP contribution is 2.24. The number of nitrogens with zero attached hydrogens (tertiary/aromatic N) is 3. The summed E-state index contributed by atoms with van der Waals surface area (Å²) in [4.78, 5) is 7.65. The number of rotatable bonds is 8. The van der Waals surface area contributed by atoms with Gasteiger partial charge in [-0.25, -0.2) is 17.7 Å². The summed E-state index contributed by atoms with van der Waals surface area (Å²) in [5, 5.41) is 3.27. The Morgan fingerprint density at radius 1 is 1.26 bits per heavy atom. The van der Waals surface area contributed by atoms with Gasteiger partial charge in [0.05, 0.1) is 6.54 Å². The van der Waals surface area contributed by atoms with Crippen molar-refractivity contribution in [2.75, 3.05) is 34.2 Å². The molecule has 0 bridgehead atoms. The van der Waals surface area contributed by atoms with Crippen molar-refractivity contribution in [3.8, 4) is 0 Å². The number of aliphatic imine (C=N–C) groups is 1. The van der Waals surface area contributed by atoms with E-state index in [0.29, 0.717) is 10.8 Å². The fourth-order valence-corrected chi connectivity index (χ4v) is 4.33. The van der Waals surface area contributed by atoms with Crippen molar-refractivity contribution in [1.29, 1.82) is 0 Å². The van der Waals surface area contributed by atoms with E-state index in [1.54, 1.807) is 20.2 Å². The highest BCUT2D eigenvalue weighted by molar-refractivity contribution is 7.91. The third-order valence-electron chi connectivity index (χ3n) is 3.30. The van der Waals surface area contributed by atoms with Gasteiger partial charge in [-0.15, -0.1) is 11.3 Å². The average molecular weight is 361 g/mol. The summed E-state index contributed by atoms with van der Waals surface area (Å²) in [7, 11) is 1.75. The lowest BCUT2D eigenvalue weighted by Crippen LogP contribution is -2.39. The van der Waals surface area contributed by atoms with Crippen LogP contribution < -0.4 is 5.32 Å². The molecule has 1 N–H and O–H groups in total. The number of hydrogen-bond donors (Lipinski definition) is 1. The maximum atomic E-state index is 12.1. The molecule has 8 heteroatoms. The van der Waals surface area contributed by atoms with Gasteiger partial charge in [-0.2, -0.15) is 0 Å². The zero-order valence-corrected chi connectivity index (χ0v) is 16.3. The molecule has 0 aliphatic heterocycles. The van der Waals surface area contributed by atoms with E-state index in [2.05, 4.69) is 22.1 Å². The van der Waals surface area contributed by atoms with Crippen molar-refractivity contribution in [2.24, 2.45) is 4.99 Å². The van der Waals surface area contributed by atoms with Gasteiger partial charge in [-0.3, -0.25) is 0 Å². The van der Waals surface area contributed by atoms with Crippen molar-refractivity contribution in [1.82, 2.24) is 14.5 Å². The summed E-state index contributed by atoms with van der Waals surface area (Å²) in [6.45, 7) is 6.44. The molecule has 0 aromatic carbocycles. The molecule has 0 unspecified atom stereocenters. The van der Waals surface area contributed by atoms with Crippen LogP contribution >= 0.6 is 11.3 Å². The lowest BCUT2D eigenvalue weighted by Gasteiger charge is -2.21. The van der Waals surface area contributed by atoms with Crippen LogP contribution in [0, 0.1) is 0 Å². The number of unbranched alkanes of at least 4 members (excludes halogenated alkanes) is 1. The summed E-state index contributed by atoms with van der Waals surface area (Å²) in [6, 6.07) is 3.48. The van der Waals surface area contributed by atoms with E-state index in [4.69, 9.17) is 0 Å². The molecule has 0 amide bonds. The van der Waals surface area contributed by atoms with E-state index in [1.165, 1.54) is 15.6 Å². The van der Waals surface area contributed by atoms with Gasteiger partial charge >= 0.3 is 0 Å². The molecule has 0 spiro atoms. The lowest BCUT2D eigenvalue weighted by molar-refractivity contribution is 0.465. The summed E-state index contributed by atoms with van der Waals surface area (Å²) in [6.07, 6.45) is 2.26. The first kappa shape index (κ1) is 19.9. The molecule has 0 saturated heterocycles. The van der Waals surface area contributed by atoms with E-state index < -0.39 is 10.0 Å². The first-order valence-electron chi connectivity index (χ1n) is 7.83. The van der Waals surface area contributed by atoms with E-state index in [0.717, 1.165) is 36.8 Å². The van der Waals surface area contributed by atoms with Gasteiger partial charge in [0.25, 0.3) is 10.0 Å². The van der Waals surface area contributed by atoms with Crippen molar-refractivity contribution in [3.63, 3.8) is 0 Å². The first-order valence-corrected chi connectivity index (χ1v) is 10.1. The van der Waals surface area contributed by atoms with Crippen LogP contribution in [0.5, 0.6) is 0 Å². The Balaban J connectivity index is 2.83. The SMILES string of the molecule is CCCCN(C)C(=NCc1ccc(S(=O)(=O)N(C)C)s1)NCC. The number of thiophene rings is 1. The molecule has 0 saturated carbocycles. The Morgan fingerprint density at radius 2 is 1.96 bits per heavy atom. The van der Waals surface area contributed by atoms with Crippen LogP contribution in [-0.2, 0) is 16.6 Å². The van der Waals surface area contributed by atoms with Gasteiger partial charge in [-0.1, -0.05) is 13.3 Å². The monoisotopic (exact) mass is 360 g/mol. The normalized spacial score (nSPS) is 12.7. The van der Waals surface area contributed by atoms with Crippen LogP contribution in [0.4, 0.5) is 0 Å². The zero-order valence-electron chi connectivity index (χ0n) is 14.7. The van der Waals surface area contributed by atoms with Crippen LogP contribution in [0.1, 0.15) is 31.6 Å². The number of nitrogens with one attached hydrogen (secondary N) is 1. The Kier molecular flexibility index (Phi) is 8.01. The third-order valence-corrected chi connectivity index (χ3v) is 6.65. The highest BCUT2D eigenvalue weighted by atomic mass is 32.2. The average Bonchev–Trinajstić information content (AvgIpc) is 2.98. The van der Waals surface area contributed by atoms with Gasteiger partial charge < -0.3 is 10.2 Å². The van der Waals surface area contributed by atoms with Crippen molar-refractivity contribution >= 4 is 27.3 Å². The predicted molar refractivity (Wildman–Crippen MR) is 97.5 cm³/mol. The molecule has 23 heavy (non-hydrogen) atoms. The zero-order chi connectivity index (χ0) is 17.5. The van der Waals surface area contributed by atoms with Crippen molar-refractivity contribution < 1.29 is 8.42 Å². The summed E-state index contributed by atoms with van der Waals surface area (Å²) in [5.74, 6) is 0.853. The van der Waals surface area contributed by atoms with E-state index >= 15 is 0 Å². The molecule has 0 atom stereocenters. The Labute approximate surface area is 144 Å². The number of hydrogen-bond acceptors (Lipinski definition) is 4. The fraction of sp³-hybridized carbons (Fsp3) is 0.667. The van der Waals surface area contributed by atoms with Gasteiger partial charge in [0.1, 0.15) is 4.21 Å². The summed E-state index contributed by atoms with van der Waals surface area (Å²) >= 11 is 1.27. The van der Waals surface area contributed by atoms with Gasteiger partial charge in [-0.05, 0) is 25.5 Å². The number of guanidine groups is 1. The minimum atomic E-state index is -3.36. The predicted octanol–water partition coefficient (Wildman–Crippen LogP) is 2.20. The topological polar surface area (TPSA) is 65.0 Å². The second-order valence-corrected chi connectivity index (χ2v) is 9.00. The van der Waals surface area contributed by atoms with Crippen LogP contribution in [0.3, 0.4) is 0 Å². The quantitative estimate of drug-likeness (QED) is 0.570. The molecule has 1 rings (SSSR count). The maximum absolute atomic E-state index is 12.1. The molecule has 132 valence electrons. The Bertz CT molecular complexity index is 609. The lowest BCUT2D eigenvalue weighted by atomic mass is 10.3. The Morgan fingerprint density at radius 3 is 2.52 bits per heavy atom. The first-order chi connectivity index (χ1) is 10.8. The largest absolute Gasteiger partial charge is 0.357 e. The fourth-order valence-electron chi connectivity index (χ4n) is 1.89. The molecule has 1 aromatic rings. The van der Waals surface area contributed by atoms with Crippen LogP contribution in [0.25, 0.3) is 0 Å². The summed E-state index contributed by atoms with van der Waals surface area (Å²) < 4.78 is 25.8. The molecule has 6 nitrogen and oxygen atoms in total. The van der Waals surface area contributed by atoms with E-state index in [-0.39, 0.29) is 0 Å². The van der Waals surface area contributed by atoms with Gasteiger partial charge in [0.15, 0.2) is 5.96 Å². The van der Waals surface area contributed by atoms with Crippen LogP contribution in [0.2, 0.25) is 0 Å². The van der Waals surface area contributed by atoms with Crippen LogP contribution in [0.15, 0.2) is 21.3 Å². The molecule has 1 aromatic heterocycles. The van der Waals surface area contributed by atoms with E-state index in [9.17, 15) is 8.42 Å². The Hall–Kier alpha value is -1.12. The standard InChI is InChI=1S/C15H28N4O2S2/c1-6-8-11-19(5)15(16-7-2)17-12-13-9-10-14(22-13)23(20,21)18(3)4/h9-10H,6-8,11-12H2,1-5H3,(H,16,17). The smallest absolute Gasteiger partial charge is 0.252 e. The van der Waals surface area contributed by atoms with Crippen molar-refractivity contribution in [2.45, 2.75) is 37.4 Å². The second kappa shape index (κ2) is 9.24. The maximum Gasteiger partial charge on any atom is 0.252 e. The molecular formula is C15H28N4O2S2. The minimum Gasteiger partial charge on any atom is -0.357 e. The molecular weight excluding hydrogens is 332 g/mol. The molecule has 0 aliphatic rings. The van der Waals surface area contributed by atoms with Crippen LogP contribution in [-0.4, -0.2) is 57.8 Å². The highest BCUT2D eigenvalue weighted by Gasteiger charge is 2.19. The minimum absolute atomic E-state index is 0.358. The van der Waals surface area contributed by atoms with E-state index in [1.807, 2.05) is 20.0 Å². The molecule has 1 heterocycles. The second-order valence-electron chi connectivity index (χ2n) is 5.45. The molecule has 0 aliphatic carbocycles. The summed E-state index contributed by atoms with van der Waals surface area (Å²) in [5.41, 5.74) is 0. The van der Waals surface area contributed by atoms with Gasteiger partial charge in [0.2, 0.25) is 0 Å². The third kappa shape index (κ3) is 5.78. The molecule has 0 fully saturated rings.